The molecule has 2 N–H and O–H groups in total. The molecule has 1 aliphatic rings. The Labute approximate surface area is 102 Å². The summed E-state index contributed by atoms with van der Waals surface area (Å²) in [4.78, 5) is 0. The van der Waals surface area contributed by atoms with E-state index in [-0.39, 0.29) is 17.3 Å². The lowest BCUT2D eigenvalue weighted by atomic mass is 9.80. The van der Waals surface area contributed by atoms with Crippen LogP contribution in [0.2, 0.25) is 0 Å². The minimum atomic E-state index is -0.623. The van der Waals surface area contributed by atoms with Gasteiger partial charge in [0.15, 0.2) is 0 Å². The van der Waals surface area contributed by atoms with Crippen molar-refractivity contribution in [3.63, 3.8) is 0 Å². The third kappa shape index (κ3) is 3.05. The van der Waals surface area contributed by atoms with Crippen molar-refractivity contribution in [2.45, 2.75) is 38.8 Å². The molecule has 17 heavy (non-hydrogen) atoms. The zero-order chi connectivity index (χ0) is 12.5. The number of piperidine rings is 1. The lowest BCUT2D eigenvalue weighted by molar-refractivity contribution is 0.0867. The van der Waals surface area contributed by atoms with Crippen LogP contribution in [0, 0.1) is 11.2 Å². The smallest absolute Gasteiger partial charge is 0.123 e. The van der Waals surface area contributed by atoms with E-state index in [2.05, 4.69) is 19.2 Å². The maximum absolute atomic E-state index is 13.1. The first kappa shape index (κ1) is 12.5. The van der Waals surface area contributed by atoms with Gasteiger partial charge in [-0.3, -0.25) is 0 Å². The fourth-order valence-electron chi connectivity index (χ4n) is 2.34. The number of hydrogen-bond donors (Lipinski definition) is 2. The molecule has 1 aromatic carbocycles. The van der Waals surface area contributed by atoms with E-state index in [9.17, 15) is 9.50 Å². The molecule has 0 bridgehead atoms. The van der Waals surface area contributed by atoms with Crippen LogP contribution in [0.3, 0.4) is 0 Å². The highest BCUT2D eigenvalue weighted by Crippen LogP contribution is 2.31. The van der Waals surface area contributed by atoms with Crippen molar-refractivity contribution in [1.82, 2.24) is 5.32 Å². The number of aliphatic hydroxyl groups is 1. The molecule has 1 fully saturated rings. The fourth-order valence-corrected chi connectivity index (χ4v) is 2.34. The molecule has 0 unspecified atom stereocenters. The molecule has 1 aromatic rings. The molecule has 0 radical (unpaired) electrons. The normalized spacial score (nSPS) is 25.5. The number of hydrogen-bond acceptors (Lipinski definition) is 2. The maximum Gasteiger partial charge on any atom is 0.123 e. The van der Waals surface area contributed by atoms with Gasteiger partial charge in [-0.25, -0.2) is 4.39 Å². The largest absolute Gasteiger partial charge is 0.387 e. The van der Waals surface area contributed by atoms with Gasteiger partial charge in [0.1, 0.15) is 5.82 Å². The Bertz CT molecular complexity index is 382. The predicted octanol–water partition coefficient (Wildman–Crippen LogP) is 2.64. The lowest BCUT2D eigenvalue weighted by Crippen LogP contribution is -2.46. The first-order chi connectivity index (χ1) is 7.98. The van der Waals surface area contributed by atoms with Crippen LogP contribution in [-0.4, -0.2) is 17.7 Å². The Hall–Kier alpha value is -0.930. The highest BCUT2D eigenvalue weighted by Gasteiger charge is 2.30. The van der Waals surface area contributed by atoms with Crippen LogP contribution < -0.4 is 5.32 Å². The van der Waals surface area contributed by atoms with E-state index < -0.39 is 6.10 Å². The molecule has 0 saturated carbocycles. The predicted molar refractivity (Wildman–Crippen MR) is 66.2 cm³/mol. The first-order valence-electron chi connectivity index (χ1n) is 6.15. The molecule has 0 spiro atoms. The average molecular weight is 237 g/mol. The Morgan fingerprint density at radius 3 is 2.82 bits per heavy atom. The van der Waals surface area contributed by atoms with Crippen molar-refractivity contribution in [3.8, 4) is 0 Å². The average Bonchev–Trinajstić information content (AvgIpc) is 2.28. The van der Waals surface area contributed by atoms with Gasteiger partial charge >= 0.3 is 0 Å². The third-order valence-corrected chi connectivity index (χ3v) is 3.55. The molecule has 3 heteroatoms. The van der Waals surface area contributed by atoms with Crippen molar-refractivity contribution in [2.75, 3.05) is 6.54 Å². The Morgan fingerprint density at radius 1 is 1.47 bits per heavy atom. The van der Waals surface area contributed by atoms with E-state index in [4.69, 9.17) is 0 Å². The SMILES string of the molecule is CC1(C)CC[C@@H]([C@H](O)c2cccc(F)c2)NC1. The summed E-state index contributed by atoms with van der Waals surface area (Å²) < 4.78 is 13.1. The second-order valence-corrected chi connectivity index (χ2v) is 5.69. The molecule has 1 heterocycles. The van der Waals surface area contributed by atoms with Crippen molar-refractivity contribution in [2.24, 2.45) is 5.41 Å². The molecule has 1 saturated heterocycles. The minimum absolute atomic E-state index is 0.0322. The van der Waals surface area contributed by atoms with Gasteiger partial charge in [-0.15, -0.1) is 0 Å². The Morgan fingerprint density at radius 2 is 2.24 bits per heavy atom. The second kappa shape index (κ2) is 4.75. The van der Waals surface area contributed by atoms with Crippen molar-refractivity contribution in [3.05, 3.63) is 35.6 Å². The number of aliphatic hydroxyl groups excluding tert-OH is 1. The summed E-state index contributed by atoms with van der Waals surface area (Å²) in [7, 11) is 0. The molecule has 2 nitrogen and oxygen atoms in total. The van der Waals surface area contributed by atoms with Gasteiger partial charge in [-0.1, -0.05) is 26.0 Å². The van der Waals surface area contributed by atoms with Gasteiger partial charge in [-0.2, -0.15) is 0 Å². The molecule has 2 rings (SSSR count). The number of benzene rings is 1. The van der Waals surface area contributed by atoms with Crippen LogP contribution in [-0.2, 0) is 0 Å². The quantitative estimate of drug-likeness (QED) is 0.828. The van der Waals surface area contributed by atoms with Gasteiger partial charge in [0.25, 0.3) is 0 Å². The highest BCUT2D eigenvalue weighted by atomic mass is 19.1. The van der Waals surface area contributed by atoms with Gasteiger partial charge in [0, 0.05) is 12.6 Å². The second-order valence-electron chi connectivity index (χ2n) is 5.69. The first-order valence-corrected chi connectivity index (χ1v) is 6.15. The summed E-state index contributed by atoms with van der Waals surface area (Å²) in [6.45, 7) is 5.32. The number of rotatable bonds is 2. The van der Waals surface area contributed by atoms with E-state index in [1.165, 1.54) is 12.1 Å². The van der Waals surface area contributed by atoms with Crippen LogP contribution in [0.15, 0.2) is 24.3 Å². The topological polar surface area (TPSA) is 32.3 Å². The van der Waals surface area contributed by atoms with Gasteiger partial charge in [0.05, 0.1) is 6.10 Å². The molecule has 0 aliphatic carbocycles. The van der Waals surface area contributed by atoms with Crippen LogP contribution in [0.1, 0.15) is 38.4 Å². The summed E-state index contributed by atoms with van der Waals surface area (Å²) in [6, 6.07) is 6.25. The zero-order valence-corrected chi connectivity index (χ0v) is 10.4. The summed E-state index contributed by atoms with van der Waals surface area (Å²) in [5.74, 6) is -0.294. The van der Waals surface area contributed by atoms with Crippen LogP contribution in [0.5, 0.6) is 0 Å². The third-order valence-electron chi connectivity index (χ3n) is 3.55. The minimum Gasteiger partial charge on any atom is -0.387 e. The summed E-state index contributed by atoms with van der Waals surface area (Å²) in [6.07, 6.45) is 1.38. The fraction of sp³-hybridized carbons (Fsp3) is 0.571. The highest BCUT2D eigenvalue weighted by molar-refractivity contribution is 5.20. The molecular weight excluding hydrogens is 217 g/mol. The monoisotopic (exact) mass is 237 g/mol. The number of halogens is 1. The van der Waals surface area contributed by atoms with E-state index in [0.29, 0.717) is 5.56 Å². The number of nitrogens with one attached hydrogen (secondary N) is 1. The van der Waals surface area contributed by atoms with E-state index >= 15 is 0 Å². The molecule has 1 aliphatic heterocycles. The van der Waals surface area contributed by atoms with Crippen molar-refractivity contribution in [1.29, 1.82) is 0 Å². The van der Waals surface area contributed by atoms with Crippen LogP contribution in [0.25, 0.3) is 0 Å². The summed E-state index contributed by atoms with van der Waals surface area (Å²) in [5.41, 5.74) is 0.945. The van der Waals surface area contributed by atoms with Gasteiger partial charge in [-0.05, 0) is 36.0 Å². The van der Waals surface area contributed by atoms with Crippen molar-refractivity contribution < 1.29 is 9.50 Å². The molecule has 2 atom stereocenters. The van der Waals surface area contributed by atoms with E-state index in [1.54, 1.807) is 12.1 Å². The summed E-state index contributed by atoms with van der Waals surface area (Å²) >= 11 is 0. The molecular formula is C14H20FNO. The Kier molecular flexibility index (Phi) is 3.50. The molecule has 0 aromatic heterocycles. The van der Waals surface area contributed by atoms with Crippen molar-refractivity contribution >= 4 is 0 Å². The maximum atomic E-state index is 13.1. The Balaban J connectivity index is 2.04. The van der Waals surface area contributed by atoms with Gasteiger partial charge in [0.2, 0.25) is 0 Å². The molecule has 94 valence electrons. The standard InChI is InChI=1S/C14H20FNO/c1-14(2)7-6-12(16-9-14)13(17)10-4-3-5-11(15)8-10/h3-5,8,12-13,16-17H,6-7,9H2,1-2H3/t12-,13+/m0/s1. The lowest BCUT2D eigenvalue weighted by Gasteiger charge is -2.37. The molecule has 0 amide bonds. The van der Waals surface area contributed by atoms with Crippen LogP contribution in [0.4, 0.5) is 4.39 Å². The van der Waals surface area contributed by atoms with E-state index in [1.807, 2.05) is 0 Å². The summed E-state index contributed by atoms with van der Waals surface area (Å²) in [5, 5.41) is 13.6. The van der Waals surface area contributed by atoms with Crippen LogP contribution >= 0.6 is 0 Å². The van der Waals surface area contributed by atoms with E-state index in [0.717, 1.165) is 19.4 Å². The zero-order valence-electron chi connectivity index (χ0n) is 10.4. The van der Waals surface area contributed by atoms with Gasteiger partial charge < -0.3 is 10.4 Å².